The summed E-state index contributed by atoms with van der Waals surface area (Å²) in [5.41, 5.74) is 19.0. The standard InChI is InChI=1S/C67H43NOS/c1-3-20-49(21-4-1)67(50-22-5-2-6-23-50)59-30-10-7-27-57(59)65-60(67)31-16-32-61(65)68(52-24-14-18-46(42-52)47-37-40-64-58(43-47)55-26-9-12-34-63(55)70-64)51-38-35-44(36-39-51)45-17-13-19-48(41-45)53-28-15-29-56-54-25-8-11-33-62(54)69-66(53)56/h1-43H. The third kappa shape index (κ3) is 6.25. The van der Waals surface area contributed by atoms with Crippen LogP contribution in [-0.4, -0.2) is 0 Å². The van der Waals surface area contributed by atoms with Crippen LogP contribution in [0.1, 0.15) is 22.3 Å². The highest BCUT2D eigenvalue weighted by molar-refractivity contribution is 7.25. The van der Waals surface area contributed by atoms with E-state index in [0.29, 0.717) is 0 Å². The number of fused-ring (bicyclic) bond motifs is 9. The maximum absolute atomic E-state index is 6.49. The number of thiophene rings is 1. The van der Waals surface area contributed by atoms with Gasteiger partial charge in [0.25, 0.3) is 0 Å². The number of rotatable bonds is 8. The first-order valence-corrected chi connectivity index (χ1v) is 24.8. The van der Waals surface area contributed by atoms with Crippen LogP contribution >= 0.6 is 11.3 Å². The molecule has 1 aliphatic rings. The minimum absolute atomic E-state index is 0.529. The Morgan fingerprint density at radius 1 is 0.343 bits per heavy atom. The van der Waals surface area contributed by atoms with Crippen LogP contribution in [0.15, 0.2) is 265 Å². The van der Waals surface area contributed by atoms with E-state index in [4.69, 9.17) is 4.42 Å². The third-order valence-electron chi connectivity index (χ3n) is 14.6. The van der Waals surface area contributed by atoms with E-state index in [1.165, 1.54) is 64.7 Å². The number of para-hydroxylation sites is 2. The Bertz CT molecular complexity index is 4090. The normalized spacial score (nSPS) is 12.7. The summed E-state index contributed by atoms with van der Waals surface area (Å²) in [6.45, 7) is 0. The monoisotopic (exact) mass is 909 g/mol. The largest absolute Gasteiger partial charge is 0.455 e. The number of furan rings is 1. The molecule has 13 aromatic rings. The van der Waals surface area contributed by atoms with Crippen molar-refractivity contribution in [2.45, 2.75) is 5.41 Å². The van der Waals surface area contributed by atoms with Gasteiger partial charge in [0.1, 0.15) is 11.2 Å². The fraction of sp³-hybridized carbons (Fsp3) is 0.0149. The van der Waals surface area contributed by atoms with Crippen LogP contribution in [0.2, 0.25) is 0 Å². The lowest BCUT2D eigenvalue weighted by molar-refractivity contribution is 0.670. The second-order valence-electron chi connectivity index (χ2n) is 18.3. The zero-order valence-electron chi connectivity index (χ0n) is 38.1. The summed E-state index contributed by atoms with van der Waals surface area (Å²) in [6.07, 6.45) is 0. The fourth-order valence-electron chi connectivity index (χ4n) is 11.5. The summed E-state index contributed by atoms with van der Waals surface area (Å²) in [6, 6.07) is 95.6. The van der Waals surface area contributed by atoms with Crippen LogP contribution in [0.3, 0.4) is 0 Å². The van der Waals surface area contributed by atoms with E-state index < -0.39 is 5.41 Å². The van der Waals surface area contributed by atoms with Gasteiger partial charge in [0.15, 0.2) is 0 Å². The molecule has 2 aromatic heterocycles. The van der Waals surface area contributed by atoms with Gasteiger partial charge in [-0.2, -0.15) is 0 Å². The lowest BCUT2D eigenvalue weighted by Crippen LogP contribution is -2.28. The maximum Gasteiger partial charge on any atom is 0.143 e. The van der Waals surface area contributed by atoms with E-state index in [1.807, 2.05) is 23.5 Å². The van der Waals surface area contributed by atoms with Gasteiger partial charge in [-0.1, -0.05) is 200 Å². The van der Waals surface area contributed by atoms with Gasteiger partial charge in [-0.05, 0) is 116 Å². The van der Waals surface area contributed by atoms with Gasteiger partial charge in [-0.25, -0.2) is 0 Å². The van der Waals surface area contributed by atoms with Crippen molar-refractivity contribution in [3.63, 3.8) is 0 Å². The van der Waals surface area contributed by atoms with Crippen molar-refractivity contribution >= 4 is 70.5 Å². The summed E-state index contributed by atoms with van der Waals surface area (Å²) in [5, 5.41) is 4.87. The second kappa shape index (κ2) is 16.2. The lowest BCUT2D eigenvalue weighted by atomic mass is 9.68. The molecule has 0 saturated heterocycles. The predicted molar refractivity (Wildman–Crippen MR) is 295 cm³/mol. The molecule has 3 heteroatoms. The quantitative estimate of drug-likeness (QED) is 0.151. The summed E-state index contributed by atoms with van der Waals surface area (Å²) >= 11 is 1.86. The van der Waals surface area contributed by atoms with Crippen LogP contribution in [0, 0.1) is 0 Å². The summed E-state index contributed by atoms with van der Waals surface area (Å²) in [4.78, 5) is 2.48. The summed E-state index contributed by atoms with van der Waals surface area (Å²) in [7, 11) is 0. The van der Waals surface area contributed by atoms with Gasteiger partial charge < -0.3 is 9.32 Å². The predicted octanol–water partition coefficient (Wildman–Crippen LogP) is 18.8. The molecule has 0 bridgehead atoms. The minimum Gasteiger partial charge on any atom is -0.455 e. The van der Waals surface area contributed by atoms with E-state index in [9.17, 15) is 0 Å². The Balaban J connectivity index is 0.947. The molecule has 0 spiro atoms. The molecule has 0 atom stereocenters. The molecular weight excluding hydrogens is 867 g/mol. The van der Waals surface area contributed by atoms with Gasteiger partial charge >= 0.3 is 0 Å². The molecule has 2 nitrogen and oxygen atoms in total. The second-order valence-corrected chi connectivity index (χ2v) is 19.4. The number of anilines is 3. The van der Waals surface area contributed by atoms with Crippen LogP contribution < -0.4 is 4.90 Å². The van der Waals surface area contributed by atoms with Crippen molar-refractivity contribution in [2.24, 2.45) is 0 Å². The summed E-state index contributed by atoms with van der Waals surface area (Å²) < 4.78 is 9.11. The van der Waals surface area contributed by atoms with Crippen LogP contribution in [-0.2, 0) is 5.41 Å². The van der Waals surface area contributed by atoms with Crippen molar-refractivity contribution in [1.82, 2.24) is 0 Å². The highest BCUT2D eigenvalue weighted by Gasteiger charge is 2.47. The van der Waals surface area contributed by atoms with Crippen molar-refractivity contribution in [3.05, 3.63) is 283 Å². The Labute approximate surface area is 410 Å². The number of hydrogen-bond acceptors (Lipinski definition) is 3. The first kappa shape index (κ1) is 40.3. The molecule has 2 heterocycles. The molecule has 0 saturated carbocycles. The van der Waals surface area contributed by atoms with E-state index in [1.54, 1.807) is 0 Å². The van der Waals surface area contributed by atoms with Gasteiger partial charge in [-0.15, -0.1) is 11.3 Å². The first-order valence-electron chi connectivity index (χ1n) is 24.0. The molecule has 1 aliphatic carbocycles. The highest BCUT2D eigenvalue weighted by atomic mass is 32.1. The molecule has 14 rings (SSSR count). The first-order chi connectivity index (χ1) is 34.7. The Morgan fingerprint density at radius 3 is 1.76 bits per heavy atom. The van der Waals surface area contributed by atoms with Crippen molar-refractivity contribution in [3.8, 4) is 44.5 Å². The zero-order valence-corrected chi connectivity index (χ0v) is 38.9. The van der Waals surface area contributed by atoms with Crippen molar-refractivity contribution in [2.75, 3.05) is 4.90 Å². The number of nitrogens with zero attached hydrogens (tertiary/aromatic N) is 1. The smallest absolute Gasteiger partial charge is 0.143 e. The molecule has 328 valence electrons. The maximum atomic E-state index is 6.49. The topological polar surface area (TPSA) is 16.4 Å². The van der Waals surface area contributed by atoms with Gasteiger partial charge in [0, 0.05) is 53.4 Å². The van der Waals surface area contributed by atoms with Crippen molar-refractivity contribution in [1.29, 1.82) is 0 Å². The van der Waals surface area contributed by atoms with Gasteiger partial charge in [-0.3, -0.25) is 0 Å². The third-order valence-corrected chi connectivity index (χ3v) is 15.7. The zero-order chi connectivity index (χ0) is 46.2. The highest BCUT2D eigenvalue weighted by Crippen LogP contribution is 2.59. The van der Waals surface area contributed by atoms with E-state index in [-0.39, 0.29) is 0 Å². The van der Waals surface area contributed by atoms with Crippen LogP contribution in [0.25, 0.3) is 86.6 Å². The SMILES string of the molecule is c1ccc(C2(c3ccccc3)c3ccccc3-c3c(N(c4ccc(-c5cccc(-c6cccc7c6oc6ccccc67)c5)cc4)c4cccc(-c5ccc6sc7ccccc7c6c5)c4)cccc32)cc1. The summed E-state index contributed by atoms with van der Waals surface area (Å²) in [5.74, 6) is 0. The number of benzene rings is 11. The van der Waals surface area contributed by atoms with Crippen molar-refractivity contribution < 1.29 is 4.42 Å². The Morgan fingerprint density at radius 2 is 0.929 bits per heavy atom. The minimum atomic E-state index is -0.529. The van der Waals surface area contributed by atoms with E-state index in [0.717, 1.165) is 61.3 Å². The average Bonchev–Trinajstić information content (AvgIpc) is 4.11. The van der Waals surface area contributed by atoms with Crippen LogP contribution in [0.5, 0.6) is 0 Å². The molecular formula is C67H43NOS. The molecule has 11 aromatic carbocycles. The van der Waals surface area contributed by atoms with E-state index >= 15 is 0 Å². The van der Waals surface area contributed by atoms with Gasteiger partial charge in [0.2, 0.25) is 0 Å². The molecule has 0 amide bonds. The van der Waals surface area contributed by atoms with E-state index in [2.05, 4.69) is 254 Å². The van der Waals surface area contributed by atoms with Crippen LogP contribution in [0.4, 0.5) is 17.1 Å². The molecule has 0 fully saturated rings. The Kier molecular flexibility index (Phi) is 9.33. The molecule has 0 unspecified atom stereocenters. The fourth-order valence-corrected chi connectivity index (χ4v) is 12.5. The lowest BCUT2D eigenvalue weighted by Gasteiger charge is -2.34. The van der Waals surface area contributed by atoms with Gasteiger partial charge in [0.05, 0.1) is 11.1 Å². The molecule has 0 aliphatic heterocycles. The molecule has 0 N–H and O–H groups in total. The Hall–Kier alpha value is -8.76. The number of hydrogen-bond donors (Lipinski definition) is 0. The average molecular weight is 910 g/mol. The molecule has 70 heavy (non-hydrogen) atoms. The molecule has 0 radical (unpaired) electrons.